The zero-order chi connectivity index (χ0) is 13.2. The molecule has 4 nitrogen and oxygen atoms in total. The molecule has 100 valence electrons. The second-order valence-corrected chi connectivity index (χ2v) is 5.96. The summed E-state index contributed by atoms with van der Waals surface area (Å²) < 4.78 is 10.2. The highest BCUT2D eigenvalue weighted by Crippen LogP contribution is 2.33. The Morgan fingerprint density at radius 2 is 2.17 bits per heavy atom. The summed E-state index contributed by atoms with van der Waals surface area (Å²) in [6.45, 7) is 5.31. The second kappa shape index (κ2) is 5.36. The Balaban J connectivity index is 2.16. The molecule has 0 amide bonds. The highest BCUT2D eigenvalue weighted by atomic mass is 32.1. The van der Waals surface area contributed by atoms with Crippen molar-refractivity contribution in [3.05, 3.63) is 16.1 Å². The van der Waals surface area contributed by atoms with E-state index in [1.165, 1.54) is 7.11 Å². The number of hydrogen-bond acceptors (Lipinski definition) is 5. The van der Waals surface area contributed by atoms with Crippen LogP contribution < -0.4 is 0 Å². The zero-order valence-corrected chi connectivity index (χ0v) is 11.9. The summed E-state index contributed by atoms with van der Waals surface area (Å²) in [6, 6.07) is 0. The average Bonchev–Trinajstić information content (AvgIpc) is 2.89. The van der Waals surface area contributed by atoms with Crippen LogP contribution in [-0.4, -0.2) is 31.3 Å². The van der Waals surface area contributed by atoms with Crippen LogP contribution in [0.3, 0.4) is 0 Å². The molecule has 18 heavy (non-hydrogen) atoms. The van der Waals surface area contributed by atoms with Crippen molar-refractivity contribution in [3.63, 3.8) is 0 Å². The van der Waals surface area contributed by atoms with Crippen molar-refractivity contribution < 1.29 is 14.3 Å². The molecule has 0 aromatic carbocycles. The van der Waals surface area contributed by atoms with Crippen LogP contribution in [0.4, 0.5) is 0 Å². The van der Waals surface area contributed by atoms with Crippen molar-refractivity contribution in [1.82, 2.24) is 4.98 Å². The van der Waals surface area contributed by atoms with Gasteiger partial charge in [-0.3, -0.25) is 4.79 Å². The first-order valence-electron chi connectivity index (χ1n) is 6.17. The number of esters is 1. The molecule has 0 atom stereocenters. The van der Waals surface area contributed by atoms with E-state index in [4.69, 9.17) is 9.47 Å². The van der Waals surface area contributed by atoms with Crippen molar-refractivity contribution in [3.8, 4) is 0 Å². The molecule has 2 rings (SSSR count). The SMILES string of the molecule is COC(=O)C(C)(C)c1csc(C2CCOCC2)n1. The molecule has 1 aliphatic rings. The van der Waals surface area contributed by atoms with Crippen LogP contribution in [0.15, 0.2) is 5.38 Å². The average molecular weight is 269 g/mol. The lowest BCUT2D eigenvalue weighted by Gasteiger charge is -2.21. The van der Waals surface area contributed by atoms with E-state index in [1.54, 1.807) is 11.3 Å². The van der Waals surface area contributed by atoms with Crippen LogP contribution in [0, 0.1) is 0 Å². The third-order valence-electron chi connectivity index (χ3n) is 3.43. The summed E-state index contributed by atoms with van der Waals surface area (Å²) in [5.41, 5.74) is 0.134. The number of aromatic nitrogens is 1. The molecular formula is C13H19NO3S. The molecule has 0 spiro atoms. The number of ether oxygens (including phenoxy) is 2. The Kier molecular flexibility index (Phi) is 4.02. The molecule has 0 bridgehead atoms. The van der Waals surface area contributed by atoms with E-state index in [1.807, 2.05) is 19.2 Å². The second-order valence-electron chi connectivity index (χ2n) is 5.07. The molecule has 0 unspecified atom stereocenters. The monoisotopic (exact) mass is 269 g/mol. The third kappa shape index (κ3) is 2.57. The molecule has 0 radical (unpaired) electrons. The van der Waals surface area contributed by atoms with Gasteiger partial charge in [0.25, 0.3) is 0 Å². The standard InChI is InChI=1S/C13H19NO3S/c1-13(2,12(15)16-3)10-8-18-11(14-10)9-4-6-17-7-5-9/h8-9H,4-7H2,1-3H3. The van der Waals surface area contributed by atoms with Gasteiger partial charge in [-0.1, -0.05) is 0 Å². The predicted molar refractivity (Wildman–Crippen MR) is 70.0 cm³/mol. The Labute approximate surface area is 111 Å². The predicted octanol–water partition coefficient (Wildman–Crippen LogP) is 2.49. The van der Waals surface area contributed by atoms with Gasteiger partial charge in [-0.25, -0.2) is 4.98 Å². The van der Waals surface area contributed by atoms with Crippen LogP contribution in [0.1, 0.15) is 43.3 Å². The number of thiazole rings is 1. The van der Waals surface area contributed by atoms with E-state index in [-0.39, 0.29) is 5.97 Å². The van der Waals surface area contributed by atoms with E-state index in [0.717, 1.165) is 36.8 Å². The molecule has 5 heteroatoms. The molecule has 1 saturated heterocycles. The number of carbonyl (C=O) groups excluding carboxylic acids is 1. The fraction of sp³-hybridized carbons (Fsp3) is 0.692. The molecular weight excluding hydrogens is 250 g/mol. The van der Waals surface area contributed by atoms with Gasteiger partial charge >= 0.3 is 5.97 Å². The van der Waals surface area contributed by atoms with Gasteiger partial charge in [0.05, 0.1) is 17.8 Å². The van der Waals surface area contributed by atoms with Crippen molar-refractivity contribution in [2.45, 2.75) is 38.0 Å². The van der Waals surface area contributed by atoms with Crippen LogP contribution in [0.5, 0.6) is 0 Å². The van der Waals surface area contributed by atoms with E-state index < -0.39 is 5.41 Å². The lowest BCUT2D eigenvalue weighted by Crippen LogP contribution is -2.30. The van der Waals surface area contributed by atoms with Crippen LogP contribution in [0.2, 0.25) is 0 Å². The van der Waals surface area contributed by atoms with Crippen molar-refractivity contribution in [1.29, 1.82) is 0 Å². The molecule has 0 saturated carbocycles. The molecule has 0 N–H and O–H groups in total. The van der Waals surface area contributed by atoms with E-state index >= 15 is 0 Å². The number of methoxy groups -OCH3 is 1. The van der Waals surface area contributed by atoms with E-state index in [0.29, 0.717) is 5.92 Å². The van der Waals surface area contributed by atoms with Gasteiger partial charge in [0.15, 0.2) is 0 Å². The number of carbonyl (C=O) groups is 1. The quantitative estimate of drug-likeness (QED) is 0.791. The maximum absolute atomic E-state index is 11.7. The zero-order valence-electron chi connectivity index (χ0n) is 11.1. The fourth-order valence-electron chi connectivity index (χ4n) is 2.07. The smallest absolute Gasteiger partial charge is 0.317 e. The van der Waals surface area contributed by atoms with Crippen molar-refractivity contribution in [2.24, 2.45) is 0 Å². The summed E-state index contributed by atoms with van der Waals surface area (Å²) in [5, 5.41) is 3.09. The Morgan fingerprint density at radius 3 is 2.78 bits per heavy atom. The first-order chi connectivity index (χ1) is 8.55. The molecule has 1 aliphatic heterocycles. The highest BCUT2D eigenvalue weighted by molar-refractivity contribution is 7.09. The third-order valence-corrected chi connectivity index (χ3v) is 4.44. The van der Waals surface area contributed by atoms with Gasteiger partial charge < -0.3 is 9.47 Å². The largest absolute Gasteiger partial charge is 0.468 e. The Hall–Kier alpha value is -0.940. The number of rotatable bonds is 3. The number of nitrogens with zero attached hydrogens (tertiary/aromatic N) is 1. The highest BCUT2D eigenvalue weighted by Gasteiger charge is 2.34. The minimum absolute atomic E-state index is 0.244. The molecule has 2 heterocycles. The minimum Gasteiger partial charge on any atom is -0.468 e. The van der Waals surface area contributed by atoms with Gasteiger partial charge in [-0.05, 0) is 26.7 Å². The normalized spacial score (nSPS) is 17.7. The summed E-state index contributed by atoms with van der Waals surface area (Å²) in [5.74, 6) is 0.234. The first-order valence-corrected chi connectivity index (χ1v) is 7.05. The van der Waals surface area contributed by atoms with Crippen LogP contribution >= 0.6 is 11.3 Å². The van der Waals surface area contributed by atoms with Crippen molar-refractivity contribution >= 4 is 17.3 Å². The van der Waals surface area contributed by atoms with Gasteiger partial charge in [0.1, 0.15) is 5.41 Å². The lowest BCUT2D eigenvalue weighted by molar-refractivity contribution is -0.146. The molecule has 1 aromatic rings. The fourth-order valence-corrected chi connectivity index (χ4v) is 3.23. The Morgan fingerprint density at radius 1 is 1.50 bits per heavy atom. The first kappa shape index (κ1) is 13.5. The topological polar surface area (TPSA) is 48.4 Å². The molecule has 1 fully saturated rings. The summed E-state index contributed by atoms with van der Waals surface area (Å²) in [7, 11) is 1.41. The Bertz CT molecular complexity index is 422. The summed E-state index contributed by atoms with van der Waals surface area (Å²) in [4.78, 5) is 16.4. The minimum atomic E-state index is -0.672. The van der Waals surface area contributed by atoms with E-state index in [2.05, 4.69) is 4.98 Å². The maximum Gasteiger partial charge on any atom is 0.317 e. The summed E-state index contributed by atoms with van der Waals surface area (Å²) in [6.07, 6.45) is 2.04. The van der Waals surface area contributed by atoms with Crippen molar-refractivity contribution in [2.75, 3.05) is 20.3 Å². The van der Waals surface area contributed by atoms with Gasteiger partial charge in [-0.2, -0.15) is 0 Å². The number of hydrogen-bond donors (Lipinski definition) is 0. The van der Waals surface area contributed by atoms with Gasteiger partial charge in [0, 0.05) is 24.5 Å². The van der Waals surface area contributed by atoms with Gasteiger partial charge in [-0.15, -0.1) is 11.3 Å². The molecule has 1 aromatic heterocycles. The van der Waals surface area contributed by atoms with Crippen LogP contribution in [0.25, 0.3) is 0 Å². The van der Waals surface area contributed by atoms with Gasteiger partial charge in [0.2, 0.25) is 0 Å². The summed E-state index contributed by atoms with van der Waals surface area (Å²) >= 11 is 1.64. The van der Waals surface area contributed by atoms with E-state index in [9.17, 15) is 4.79 Å². The maximum atomic E-state index is 11.7. The van der Waals surface area contributed by atoms with Crippen LogP contribution in [-0.2, 0) is 19.7 Å². The lowest BCUT2D eigenvalue weighted by atomic mass is 9.90. The molecule has 0 aliphatic carbocycles.